The van der Waals surface area contributed by atoms with E-state index in [9.17, 15) is 8.78 Å². The van der Waals surface area contributed by atoms with E-state index in [-0.39, 0.29) is 10.7 Å². The Hall–Kier alpha value is -0.260. The lowest BCUT2D eigenvalue weighted by atomic mass is 10.2. The van der Waals surface area contributed by atoms with Gasteiger partial charge < -0.3 is 5.11 Å². The van der Waals surface area contributed by atoms with Gasteiger partial charge in [-0.1, -0.05) is 11.6 Å². The molecule has 1 heterocycles. The number of hydrogen-bond donors (Lipinski definition) is 1. The third-order valence-electron chi connectivity index (χ3n) is 1.46. The Morgan fingerprint density at radius 3 is 2.69 bits per heavy atom. The van der Waals surface area contributed by atoms with Gasteiger partial charge in [-0.15, -0.1) is 0 Å². The Bertz CT molecular complexity index is 322. The molecule has 0 aliphatic rings. The molecule has 0 saturated carbocycles. The molecule has 0 amide bonds. The third kappa shape index (κ3) is 2.15. The molecule has 0 spiro atoms. The molecule has 0 aliphatic heterocycles. The van der Waals surface area contributed by atoms with Crippen LogP contribution in [-0.4, -0.2) is 10.1 Å². The van der Waals surface area contributed by atoms with Crippen LogP contribution >= 0.6 is 27.5 Å². The highest BCUT2D eigenvalue weighted by Crippen LogP contribution is 2.34. The van der Waals surface area contributed by atoms with Crippen molar-refractivity contribution in [3.05, 3.63) is 26.9 Å². The Morgan fingerprint density at radius 1 is 1.62 bits per heavy atom. The summed E-state index contributed by atoms with van der Waals surface area (Å²) in [6, 6.07) is 0. The zero-order chi connectivity index (χ0) is 10.0. The van der Waals surface area contributed by atoms with Crippen molar-refractivity contribution in [3.8, 4) is 0 Å². The van der Waals surface area contributed by atoms with Crippen molar-refractivity contribution >= 4 is 27.5 Å². The van der Waals surface area contributed by atoms with Crippen molar-refractivity contribution in [2.24, 2.45) is 0 Å². The molecule has 1 aromatic rings. The number of pyridine rings is 1. The largest absolute Gasteiger partial charge is 0.390 e. The van der Waals surface area contributed by atoms with Gasteiger partial charge in [0, 0.05) is 6.20 Å². The second-order valence-electron chi connectivity index (χ2n) is 2.24. The molecule has 6 heteroatoms. The van der Waals surface area contributed by atoms with E-state index >= 15 is 0 Å². The first-order chi connectivity index (χ1) is 6.07. The maximum Gasteiger partial charge on any atom is 0.267 e. The minimum absolute atomic E-state index is 0.0943. The molecule has 1 N–H and O–H groups in total. The number of aliphatic hydroxyl groups is 1. The van der Waals surface area contributed by atoms with Gasteiger partial charge in [0.2, 0.25) is 0 Å². The third-order valence-corrected chi connectivity index (χ3v) is 2.70. The summed E-state index contributed by atoms with van der Waals surface area (Å²) in [4.78, 5) is 3.62. The van der Waals surface area contributed by atoms with Crippen LogP contribution in [0.4, 0.5) is 8.78 Å². The number of halogens is 4. The fourth-order valence-electron chi connectivity index (χ4n) is 0.864. The number of rotatable bonds is 2. The smallest absolute Gasteiger partial charge is 0.267 e. The van der Waals surface area contributed by atoms with Gasteiger partial charge >= 0.3 is 0 Å². The maximum atomic E-state index is 12.4. The predicted octanol–water partition coefficient (Wildman–Crippen LogP) is 2.93. The highest BCUT2D eigenvalue weighted by atomic mass is 79.9. The maximum absolute atomic E-state index is 12.4. The van der Waals surface area contributed by atoms with Crippen molar-refractivity contribution in [2.75, 3.05) is 0 Å². The fraction of sp³-hybridized carbons (Fsp3) is 0.286. The summed E-state index contributed by atoms with van der Waals surface area (Å²) < 4.78 is 25.1. The number of nitrogens with zero attached hydrogens (tertiary/aromatic N) is 1. The van der Waals surface area contributed by atoms with Crippen LogP contribution in [-0.2, 0) is 6.61 Å². The van der Waals surface area contributed by atoms with Crippen molar-refractivity contribution in [1.82, 2.24) is 4.98 Å². The van der Waals surface area contributed by atoms with E-state index < -0.39 is 18.6 Å². The first-order valence-corrected chi connectivity index (χ1v) is 4.46. The summed E-state index contributed by atoms with van der Waals surface area (Å²) in [5.74, 6) is 0. The highest BCUT2D eigenvalue weighted by molar-refractivity contribution is 9.10. The van der Waals surface area contributed by atoms with Gasteiger partial charge in [0.25, 0.3) is 6.43 Å². The van der Waals surface area contributed by atoms with Gasteiger partial charge in [0.1, 0.15) is 0 Å². The van der Waals surface area contributed by atoms with Crippen molar-refractivity contribution in [1.29, 1.82) is 0 Å². The van der Waals surface area contributed by atoms with E-state index in [0.29, 0.717) is 4.47 Å². The monoisotopic (exact) mass is 271 g/mol. The van der Waals surface area contributed by atoms with Crippen molar-refractivity contribution < 1.29 is 13.9 Å². The molecule has 0 unspecified atom stereocenters. The lowest BCUT2D eigenvalue weighted by Gasteiger charge is -2.08. The molecule has 0 aromatic carbocycles. The second kappa shape index (κ2) is 4.30. The van der Waals surface area contributed by atoms with Crippen LogP contribution in [0.5, 0.6) is 0 Å². The number of aromatic nitrogens is 1. The van der Waals surface area contributed by atoms with Gasteiger partial charge in [0.15, 0.2) is 0 Å². The van der Waals surface area contributed by atoms with E-state index in [2.05, 4.69) is 20.9 Å². The van der Waals surface area contributed by atoms with Crippen LogP contribution in [0.25, 0.3) is 0 Å². The molecule has 2 nitrogen and oxygen atoms in total. The van der Waals surface area contributed by atoms with Crippen molar-refractivity contribution in [3.63, 3.8) is 0 Å². The molecule has 0 saturated heterocycles. The molecule has 0 fully saturated rings. The minimum atomic E-state index is -2.74. The van der Waals surface area contributed by atoms with Crippen LogP contribution < -0.4 is 0 Å². The van der Waals surface area contributed by atoms with Crippen LogP contribution in [0.1, 0.15) is 17.7 Å². The first-order valence-electron chi connectivity index (χ1n) is 3.29. The van der Waals surface area contributed by atoms with E-state index in [4.69, 9.17) is 16.7 Å². The number of aliphatic hydroxyl groups excluding tert-OH is 1. The molecule has 13 heavy (non-hydrogen) atoms. The molecule has 0 radical (unpaired) electrons. The molecule has 0 atom stereocenters. The molecule has 1 aromatic heterocycles. The summed E-state index contributed by atoms with van der Waals surface area (Å²) in [5.41, 5.74) is -0.512. The van der Waals surface area contributed by atoms with Gasteiger partial charge in [-0.25, -0.2) is 8.78 Å². The Labute approximate surface area is 86.7 Å². The average Bonchev–Trinajstić information content (AvgIpc) is 2.08. The molecule has 0 bridgehead atoms. The molecular weight excluding hydrogens is 267 g/mol. The lowest BCUT2D eigenvalue weighted by Crippen LogP contribution is -1.99. The lowest BCUT2D eigenvalue weighted by molar-refractivity contribution is 0.146. The summed E-state index contributed by atoms with van der Waals surface area (Å²) in [6.07, 6.45) is -1.46. The normalized spacial score (nSPS) is 10.9. The van der Waals surface area contributed by atoms with Crippen LogP contribution in [0, 0.1) is 0 Å². The van der Waals surface area contributed by atoms with E-state index in [1.165, 1.54) is 6.20 Å². The Balaban J connectivity index is 3.32. The second-order valence-corrected chi connectivity index (χ2v) is 3.47. The van der Waals surface area contributed by atoms with Gasteiger partial charge in [-0.3, -0.25) is 4.98 Å². The SMILES string of the molecule is OCc1ncc(Br)c(Cl)c1C(F)F. The topological polar surface area (TPSA) is 33.1 Å². The van der Waals surface area contributed by atoms with Crippen LogP contribution in [0.15, 0.2) is 10.7 Å². The molecule has 0 aliphatic carbocycles. The van der Waals surface area contributed by atoms with Gasteiger partial charge in [-0.05, 0) is 15.9 Å². The summed E-state index contributed by atoms with van der Waals surface area (Å²) in [6.45, 7) is -0.549. The number of hydrogen-bond acceptors (Lipinski definition) is 2. The standard InChI is InChI=1S/C7H5BrClF2NO/c8-3-1-12-4(2-13)5(6(3)9)7(10)11/h1,7,13H,2H2. The molecule has 72 valence electrons. The zero-order valence-corrected chi connectivity index (χ0v) is 8.61. The van der Waals surface area contributed by atoms with Crippen LogP contribution in [0.3, 0.4) is 0 Å². The van der Waals surface area contributed by atoms with E-state index in [1.807, 2.05) is 0 Å². The Kier molecular flexibility index (Phi) is 3.58. The fourth-order valence-corrected chi connectivity index (χ4v) is 1.42. The van der Waals surface area contributed by atoms with Crippen LogP contribution in [0.2, 0.25) is 5.02 Å². The molecule has 1 rings (SSSR count). The number of alkyl halides is 2. The predicted molar refractivity (Wildman–Crippen MR) is 47.8 cm³/mol. The average molecular weight is 272 g/mol. The summed E-state index contributed by atoms with van der Waals surface area (Å²) in [7, 11) is 0. The zero-order valence-electron chi connectivity index (χ0n) is 6.27. The quantitative estimate of drug-likeness (QED) is 0.898. The molecular formula is C7H5BrClF2NO. The first kappa shape index (κ1) is 10.8. The van der Waals surface area contributed by atoms with E-state index in [0.717, 1.165) is 0 Å². The highest BCUT2D eigenvalue weighted by Gasteiger charge is 2.19. The van der Waals surface area contributed by atoms with E-state index in [1.54, 1.807) is 0 Å². The van der Waals surface area contributed by atoms with Crippen molar-refractivity contribution in [2.45, 2.75) is 13.0 Å². The summed E-state index contributed by atoms with van der Waals surface area (Å²) >= 11 is 8.56. The van der Waals surface area contributed by atoms with Gasteiger partial charge in [-0.2, -0.15) is 0 Å². The summed E-state index contributed by atoms with van der Waals surface area (Å²) in [5, 5.41) is 8.61. The Morgan fingerprint density at radius 2 is 2.23 bits per heavy atom. The van der Waals surface area contributed by atoms with Gasteiger partial charge in [0.05, 0.1) is 27.4 Å². The minimum Gasteiger partial charge on any atom is -0.390 e.